The third-order valence-corrected chi connectivity index (χ3v) is 2.81. The molecule has 1 heterocycles. The number of hydrogen-bond acceptors (Lipinski definition) is 3. The van der Waals surface area contributed by atoms with E-state index in [0.29, 0.717) is 17.0 Å². The van der Waals surface area contributed by atoms with Crippen molar-refractivity contribution in [3.63, 3.8) is 0 Å². The van der Waals surface area contributed by atoms with Crippen molar-refractivity contribution in [2.75, 3.05) is 6.61 Å². The van der Waals surface area contributed by atoms with E-state index in [-0.39, 0.29) is 6.73 Å². The molecular weight excluding hydrogens is 264 g/mol. The second kappa shape index (κ2) is 4.32. The molecule has 0 atom stereocenters. The van der Waals surface area contributed by atoms with Crippen molar-refractivity contribution in [3.05, 3.63) is 31.5 Å². The molecule has 0 radical (unpaired) electrons. The lowest BCUT2D eigenvalue weighted by Gasteiger charge is -2.05. The number of H-pyrrole nitrogens is 1. The summed E-state index contributed by atoms with van der Waals surface area (Å²) in [5.74, 6) is 0.659. The fourth-order valence-electron chi connectivity index (χ4n) is 1.18. The zero-order chi connectivity index (χ0) is 10.8. The van der Waals surface area contributed by atoms with Crippen LogP contribution in [-0.2, 0) is 11.5 Å². The van der Waals surface area contributed by atoms with Crippen LogP contribution < -0.4 is 11.2 Å². The Morgan fingerprint density at radius 3 is 2.93 bits per heavy atom. The summed E-state index contributed by atoms with van der Waals surface area (Å²) < 4.78 is 7.00. The van der Waals surface area contributed by atoms with Gasteiger partial charge in [0.1, 0.15) is 6.73 Å². The highest BCUT2D eigenvalue weighted by Gasteiger charge is 2.21. The SMILES string of the molecule is O=c1[nH]c(=O)n(COCC2CC2)cc1Br. The molecule has 0 aromatic carbocycles. The van der Waals surface area contributed by atoms with Crippen LogP contribution in [0.5, 0.6) is 0 Å². The highest BCUT2D eigenvalue weighted by atomic mass is 79.9. The molecule has 1 aromatic heterocycles. The van der Waals surface area contributed by atoms with Crippen molar-refractivity contribution >= 4 is 15.9 Å². The lowest BCUT2D eigenvalue weighted by atomic mass is 10.5. The van der Waals surface area contributed by atoms with Gasteiger partial charge in [0.2, 0.25) is 0 Å². The molecule has 0 aliphatic heterocycles. The van der Waals surface area contributed by atoms with Crippen molar-refractivity contribution in [1.82, 2.24) is 9.55 Å². The molecular formula is C9H11BrN2O3. The van der Waals surface area contributed by atoms with Crippen molar-refractivity contribution in [2.45, 2.75) is 19.6 Å². The number of nitrogens with one attached hydrogen (secondary N) is 1. The fourth-order valence-corrected chi connectivity index (χ4v) is 1.53. The molecule has 0 unspecified atom stereocenters. The van der Waals surface area contributed by atoms with E-state index in [1.165, 1.54) is 23.6 Å². The Labute approximate surface area is 94.2 Å². The molecule has 2 rings (SSSR count). The second-order valence-corrected chi connectivity index (χ2v) is 4.50. The first-order chi connectivity index (χ1) is 7.16. The number of rotatable bonds is 4. The van der Waals surface area contributed by atoms with E-state index in [4.69, 9.17) is 4.74 Å². The van der Waals surface area contributed by atoms with E-state index in [0.717, 1.165) is 0 Å². The van der Waals surface area contributed by atoms with Gasteiger partial charge in [-0.25, -0.2) is 4.79 Å². The summed E-state index contributed by atoms with van der Waals surface area (Å²) in [5.41, 5.74) is -0.863. The minimum absolute atomic E-state index is 0.185. The van der Waals surface area contributed by atoms with Gasteiger partial charge in [-0.2, -0.15) is 0 Å². The van der Waals surface area contributed by atoms with E-state index < -0.39 is 11.2 Å². The molecule has 0 saturated heterocycles. The molecule has 15 heavy (non-hydrogen) atoms. The first kappa shape index (κ1) is 10.6. The van der Waals surface area contributed by atoms with Crippen molar-refractivity contribution in [1.29, 1.82) is 0 Å². The number of hydrogen-bond donors (Lipinski definition) is 1. The van der Waals surface area contributed by atoms with Gasteiger partial charge >= 0.3 is 5.69 Å². The summed E-state index contributed by atoms with van der Waals surface area (Å²) in [4.78, 5) is 24.5. The minimum atomic E-state index is -0.445. The lowest BCUT2D eigenvalue weighted by Crippen LogP contribution is -2.30. The number of nitrogens with zero attached hydrogens (tertiary/aromatic N) is 1. The molecule has 1 fully saturated rings. The van der Waals surface area contributed by atoms with Crippen LogP contribution in [0.1, 0.15) is 12.8 Å². The average Bonchev–Trinajstić information content (AvgIpc) is 2.97. The molecule has 1 N–H and O–H groups in total. The Morgan fingerprint density at radius 2 is 2.27 bits per heavy atom. The molecule has 1 aromatic rings. The Hall–Kier alpha value is -0.880. The smallest absolute Gasteiger partial charge is 0.330 e. The number of ether oxygens (including phenoxy) is 1. The van der Waals surface area contributed by atoms with E-state index in [9.17, 15) is 9.59 Å². The van der Waals surface area contributed by atoms with E-state index >= 15 is 0 Å². The van der Waals surface area contributed by atoms with Crippen LogP contribution in [0, 0.1) is 5.92 Å². The van der Waals surface area contributed by atoms with Gasteiger partial charge in [-0.1, -0.05) is 0 Å². The first-order valence-electron chi connectivity index (χ1n) is 4.74. The van der Waals surface area contributed by atoms with Gasteiger partial charge in [0.15, 0.2) is 0 Å². The van der Waals surface area contributed by atoms with Gasteiger partial charge < -0.3 is 4.74 Å². The molecule has 0 bridgehead atoms. The number of halogens is 1. The fraction of sp³-hybridized carbons (Fsp3) is 0.556. The monoisotopic (exact) mass is 274 g/mol. The highest BCUT2D eigenvalue weighted by Crippen LogP contribution is 2.28. The minimum Gasteiger partial charge on any atom is -0.360 e. The summed E-state index contributed by atoms with van der Waals surface area (Å²) in [6.07, 6.45) is 3.86. The van der Waals surface area contributed by atoms with Crippen LogP contribution in [0.4, 0.5) is 0 Å². The van der Waals surface area contributed by atoms with Crippen LogP contribution in [0.2, 0.25) is 0 Å². The number of aromatic amines is 1. The van der Waals surface area contributed by atoms with Crippen LogP contribution in [0.25, 0.3) is 0 Å². The average molecular weight is 275 g/mol. The third kappa shape index (κ3) is 2.79. The molecule has 0 spiro atoms. The van der Waals surface area contributed by atoms with Gasteiger partial charge in [-0.3, -0.25) is 14.3 Å². The quantitative estimate of drug-likeness (QED) is 0.879. The van der Waals surface area contributed by atoms with E-state index in [1.54, 1.807) is 0 Å². The van der Waals surface area contributed by atoms with Crippen LogP contribution in [0.15, 0.2) is 20.3 Å². The molecule has 1 saturated carbocycles. The van der Waals surface area contributed by atoms with Gasteiger partial charge in [-0.05, 0) is 34.7 Å². The van der Waals surface area contributed by atoms with Gasteiger partial charge in [0.25, 0.3) is 5.56 Å². The van der Waals surface area contributed by atoms with E-state index in [1.807, 2.05) is 0 Å². The zero-order valence-electron chi connectivity index (χ0n) is 8.03. The first-order valence-corrected chi connectivity index (χ1v) is 5.53. The van der Waals surface area contributed by atoms with Crippen LogP contribution >= 0.6 is 15.9 Å². The lowest BCUT2D eigenvalue weighted by molar-refractivity contribution is 0.0657. The maximum absolute atomic E-state index is 11.3. The van der Waals surface area contributed by atoms with Crippen LogP contribution in [0.3, 0.4) is 0 Å². The van der Waals surface area contributed by atoms with Crippen LogP contribution in [-0.4, -0.2) is 16.2 Å². The van der Waals surface area contributed by atoms with Gasteiger partial charge in [0, 0.05) is 6.20 Å². The third-order valence-electron chi connectivity index (χ3n) is 2.25. The predicted molar refractivity (Wildman–Crippen MR) is 57.7 cm³/mol. The Morgan fingerprint density at radius 1 is 1.53 bits per heavy atom. The Kier molecular flexibility index (Phi) is 3.06. The largest absolute Gasteiger partial charge is 0.360 e. The molecule has 1 aliphatic carbocycles. The summed E-state index contributed by atoms with van der Waals surface area (Å²) in [6.45, 7) is 0.869. The van der Waals surface area contributed by atoms with Crippen molar-refractivity contribution in [3.8, 4) is 0 Å². The normalized spacial score (nSPS) is 15.5. The maximum atomic E-state index is 11.3. The molecule has 6 heteroatoms. The standard InChI is InChI=1S/C9H11BrN2O3/c10-7-3-12(9(14)11-8(7)13)5-15-4-6-1-2-6/h3,6H,1-2,4-5H2,(H,11,13,14). The molecule has 82 valence electrons. The van der Waals surface area contributed by atoms with Gasteiger partial charge in [-0.15, -0.1) is 0 Å². The molecule has 5 nitrogen and oxygen atoms in total. The zero-order valence-corrected chi connectivity index (χ0v) is 9.62. The molecule has 0 amide bonds. The topological polar surface area (TPSA) is 64.1 Å². The predicted octanol–water partition coefficient (Wildman–Crippen LogP) is 0.683. The highest BCUT2D eigenvalue weighted by molar-refractivity contribution is 9.10. The maximum Gasteiger partial charge on any atom is 0.330 e. The second-order valence-electron chi connectivity index (χ2n) is 3.65. The Bertz CT molecular complexity index is 461. The van der Waals surface area contributed by atoms with Crippen molar-refractivity contribution < 1.29 is 4.74 Å². The number of aromatic nitrogens is 2. The summed E-state index contributed by atoms with van der Waals surface area (Å²) >= 11 is 3.05. The Balaban J connectivity index is 2.03. The summed E-state index contributed by atoms with van der Waals surface area (Å²) in [5, 5.41) is 0. The molecule has 1 aliphatic rings. The summed E-state index contributed by atoms with van der Waals surface area (Å²) in [6, 6.07) is 0. The van der Waals surface area contributed by atoms with Crippen molar-refractivity contribution in [2.24, 2.45) is 5.92 Å². The summed E-state index contributed by atoms with van der Waals surface area (Å²) in [7, 11) is 0. The van der Waals surface area contributed by atoms with Gasteiger partial charge in [0.05, 0.1) is 11.1 Å². The van der Waals surface area contributed by atoms with E-state index in [2.05, 4.69) is 20.9 Å².